The number of fused-ring (bicyclic) bond motifs is 2. The van der Waals surface area contributed by atoms with Crippen molar-refractivity contribution in [3.63, 3.8) is 0 Å². The Labute approximate surface area is 233 Å². The van der Waals surface area contributed by atoms with Gasteiger partial charge < -0.3 is 14.8 Å². The van der Waals surface area contributed by atoms with Gasteiger partial charge in [-0.1, -0.05) is 69.5 Å². The van der Waals surface area contributed by atoms with Gasteiger partial charge in [0.25, 0.3) is 0 Å². The number of halogens is 3. The first-order valence-corrected chi connectivity index (χ1v) is 13.2. The Morgan fingerprint density at radius 3 is 2.51 bits per heavy atom. The molecule has 3 aromatic carbocycles. The summed E-state index contributed by atoms with van der Waals surface area (Å²) in [5.74, 6) is -0.779. The van der Waals surface area contributed by atoms with Crippen molar-refractivity contribution < 1.29 is 19.1 Å². The number of allylic oxidation sites excluding steroid dienone is 2. The zero-order chi connectivity index (χ0) is 26.3. The molecule has 0 saturated carbocycles. The monoisotopic (exact) mass is 597 g/mol. The fraction of sp³-hybridized carbons (Fsp3) is 0.172. The van der Waals surface area contributed by atoms with Gasteiger partial charge in [0.1, 0.15) is 12.4 Å². The van der Waals surface area contributed by atoms with E-state index in [1.54, 1.807) is 25.1 Å². The zero-order valence-corrected chi connectivity index (χ0v) is 23.1. The average Bonchev–Trinajstić information content (AvgIpc) is 3.16. The molecule has 5 nitrogen and oxygen atoms in total. The first-order valence-electron chi connectivity index (χ1n) is 11.7. The summed E-state index contributed by atoms with van der Waals surface area (Å²) in [4.78, 5) is 27.0. The number of esters is 1. The van der Waals surface area contributed by atoms with Crippen LogP contribution in [-0.4, -0.2) is 18.4 Å². The minimum atomic E-state index is -0.698. The van der Waals surface area contributed by atoms with Crippen LogP contribution >= 0.6 is 39.1 Å². The van der Waals surface area contributed by atoms with Gasteiger partial charge in [-0.25, -0.2) is 4.79 Å². The van der Waals surface area contributed by atoms with E-state index in [0.29, 0.717) is 49.5 Å². The number of benzene rings is 3. The Hall–Kier alpha value is -3.06. The fourth-order valence-electron chi connectivity index (χ4n) is 4.79. The van der Waals surface area contributed by atoms with E-state index in [1.807, 2.05) is 49.4 Å². The van der Waals surface area contributed by atoms with Crippen LogP contribution in [0.2, 0.25) is 10.0 Å². The van der Waals surface area contributed by atoms with Gasteiger partial charge >= 0.3 is 5.97 Å². The number of hydrogen-bond donors (Lipinski definition) is 1. The Kier molecular flexibility index (Phi) is 7.17. The molecule has 0 bridgehead atoms. The highest BCUT2D eigenvalue weighted by Crippen LogP contribution is 2.49. The van der Waals surface area contributed by atoms with Crippen LogP contribution in [0.4, 0.5) is 0 Å². The van der Waals surface area contributed by atoms with Crippen LogP contribution in [0.5, 0.6) is 5.75 Å². The van der Waals surface area contributed by atoms with Gasteiger partial charge in [0.15, 0.2) is 5.78 Å². The lowest BCUT2D eigenvalue weighted by Crippen LogP contribution is -2.29. The quantitative estimate of drug-likeness (QED) is 0.298. The van der Waals surface area contributed by atoms with E-state index >= 15 is 0 Å². The van der Waals surface area contributed by atoms with Crippen molar-refractivity contribution in [3.05, 3.63) is 114 Å². The first-order chi connectivity index (χ1) is 17.8. The summed E-state index contributed by atoms with van der Waals surface area (Å²) in [6, 6.07) is 18.3. The summed E-state index contributed by atoms with van der Waals surface area (Å²) >= 11 is 15.8. The molecule has 0 spiro atoms. The topological polar surface area (TPSA) is 64.6 Å². The van der Waals surface area contributed by atoms with Crippen molar-refractivity contribution in [2.45, 2.75) is 26.4 Å². The van der Waals surface area contributed by atoms with Crippen LogP contribution in [0, 0.1) is 0 Å². The average molecular weight is 599 g/mol. The summed E-state index contributed by atoms with van der Waals surface area (Å²) in [6.07, 6.45) is 0. The maximum atomic E-state index is 13.7. The number of rotatable bonds is 6. The number of dihydropyridines is 1. The molecule has 1 heterocycles. The van der Waals surface area contributed by atoms with Crippen LogP contribution in [0.1, 0.15) is 46.8 Å². The standard InChI is InChI=1S/C29H22BrCl2NO4/c1-3-36-29(35)24-15(2)33-27-18-6-4-5-7-19(18)28(34)26(27)25(24)20-13-17(30)9-11-23(20)37-14-16-8-10-21(31)22(32)12-16/h4-13,25,33H,3,14H2,1-2H3/t25-/m1/s1. The summed E-state index contributed by atoms with van der Waals surface area (Å²) in [5, 5.41) is 4.21. The molecule has 1 atom stereocenters. The van der Waals surface area contributed by atoms with Crippen LogP contribution in [0.15, 0.2) is 82.0 Å². The predicted molar refractivity (Wildman–Crippen MR) is 148 cm³/mol. The molecule has 188 valence electrons. The van der Waals surface area contributed by atoms with Crippen molar-refractivity contribution in [2.24, 2.45) is 0 Å². The maximum absolute atomic E-state index is 13.7. The van der Waals surface area contributed by atoms with Crippen molar-refractivity contribution in [2.75, 3.05) is 6.61 Å². The summed E-state index contributed by atoms with van der Waals surface area (Å²) in [6.45, 7) is 4.00. The van der Waals surface area contributed by atoms with Crippen molar-refractivity contribution in [1.82, 2.24) is 5.32 Å². The minimum absolute atomic E-state index is 0.132. The second kappa shape index (κ2) is 10.4. The zero-order valence-electron chi connectivity index (χ0n) is 20.0. The third-order valence-electron chi connectivity index (χ3n) is 6.41. The number of ketones is 1. The third-order valence-corrected chi connectivity index (χ3v) is 7.64. The lowest BCUT2D eigenvalue weighted by molar-refractivity contribution is -0.138. The molecule has 0 unspecified atom stereocenters. The number of nitrogens with one attached hydrogen (secondary N) is 1. The van der Waals surface area contributed by atoms with E-state index in [0.717, 1.165) is 15.6 Å². The van der Waals surface area contributed by atoms with Gasteiger partial charge in [0, 0.05) is 32.4 Å². The molecule has 8 heteroatoms. The summed E-state index contributed by atoms with van der Waals surface area (Å²) < 4.78 is 12.5. The molecule has 5 rings (SSSR count). The highest BCUT2D eigenvalue weighted by atomic mass is 79.9. The van der Waals surface area contributed by atoms with Crippen LogP contribution in [0.3, 0.4) is 0 Å². The number of Topliss-reactive ketones (excluding diaryl/α,β-unsaturated/α-hetero) is 1. The second-order valence-corrected chi connectivity index (χ2v) is 10.4. The van der Waals surface area contributed by atoms with Crippen LogP contribution < -0.4 is 10.1 Å². The van der Waals surface area contributed by atoms with Crippen molar-refractivity contribution >= 4 is 56.6 Å². The molecule has 37 heavy (non-hydrogen) atoms. The number of carbonyl (C=O) groups excluding carboxylic acids is 2. The molecule has 2 aliphatic rings. The van der Waals surface area contributed by atoms with E-state index in [1.165, 1.54) is 0 Å². The van der Waals surface area contributed by atoms with Gasteiger partial charge in [-0.2, -0.15) is 0 Å². The number of ether oxygens (including phenoxy) is 2. The first kappa shape index (κ1) is 25.6. The molecule has 0 radical (unpaired) electrons. The molecule has 0 amide bonds. The lowest BCUT2D eigenvalue weighted by Gasteiger charge is -2.30. The second-order valence-electron chi connectivity index (χ2n) is 8.70. The number of carbonyl (C=O) groups is 2. The Balaban J connectivity index is 1.64. The predicted octanol–water partition coefficient (Wildman–Crippen LogP) is 7.47. The van der Waals surface area contributed by atoms with Crippen molar-refractivity contribution in [3.8, 4) is 5.75 Å². The van der Waals surface area contributed by atoms with Crippen molar-refractivity contribution in [1.29, 1.82) is 0 Å². The van der Waals surface area contributed by atoms with Crippen LogP contribution in [-0.2, 0) is 16.1 Å². The van der Waals surface area contributed by atoms with Crippen LogP contribution in [0.25, 0.3) is 5.70 Å². The largest absolute Gasteiger partial charge is 0.489 e. The Bertz CT molecular complexity index is 1510. The highest BCUT2D eigenvalue weighted by molar-refractivity contribution is 9.10. The van der Waals surface area contributed by atoms with Gasteiger partial charge in [0.05, 0.1) is 33.8 Å². The Morgan fingerprint density at radius 2 is 1.78 bits per heavy atom. The molecular formula is C29H22BrCl2NO4. The van der Waals surface area contributed by atoms with E-state index < -0.39 is 11.9 Å². The fourth-order valence-corrected chi connectivity index (χ4v) is 5.49. The highest BCUT2D eigenvalue weighted by Gasteiger charge is 2.44. The van der Waals surface area contributed by atoms with Gasteiger partial charge in [-0.3, -0.25) is 4.79 Å². The summed E-state index contributed by atoms with van der Waals surface area (Å²) in [5.41, 5.74) is 5.10. The normalized spacial score (nSPS) is 16.4. The Morgan fingerprint density at radius 1 is 1.03 bits per heavy atom. The lowest BCUT2D eigenvalue weighted by atomic mass is 9.79. The number of hydrogen-bond acceptors (Lipinski definition) is 5. The SMILES string of the molecule is CCOC(=O)C1=C(C)NC2=C(C(=O)c3ccccc32)[C@@H]1c1cc(Br)ccc1OCc1ccc(Cl)c(Cl)c1. The maximum Gasteiger partial charge on any atom is 0.336 e. The summed E-state index contributed by atoms with van der Waals surface area (Å²) in [7, 11) is 0. The molecule has 3 aromatic rings. The molecule has 0 fully saturated rings. The van der Waals surface area contributed by atoms with Gasteiger partial charge in [0.2, 0.25) is 0 Å². The molecular weight excluding hydrogens is 577 g/mol. The van der Waals surface area contributed by atoms with Gasteiger partial charge in [-0.15, -0.1) is 0 Å². The van der Waals surface area contributed by atoms with Gasteiger partial charge in [-0.05, 0) is 49.7 Å². The van der Waals surface area contributed by atoms with E-state index in [9.17, 15) is 9.59 Å². The molecule has 1 aliphatic heterocycles. The van der Waals surface area contributed by atoms with E-state index in [-0.39, 0.29) is 19.0 Å². The molecule has 1 aliphatic carbocycles. The smallest absolute Gasteiger partial charge is 0.336 e. The molecule has 0 saturated heterocycles. The third kappa shape index (κ3) is 4.70. The molecule has 1 N–H and O–H groups in total. The van der Waals surface area contributed by atoms with E-state index in [2.05, 4.69) is 21.2 Å². The minimum Gasteiger partial charge on any atom is -0.489 e. The molecule has 0 aromatic heterocycles. The van der Waals surface area contributed by atoms with E-state index in [4.69, 9.17) is 32.7 Å².